The van der Waals surface area contributed by atoms with Crippen molar-refractivity contribution >= 4 is 5.91 Å². The van der Waals surface area contributed by atoms with E-state index < -0.39 is 0 Å². The topological polar surface area (TPSA) is 20.3 Å². The van der Waals surface area contributed by atoms with Gasteiger partial charge in [0, 0.05) is 19.5 Å². The zero-order valence-electron chi connectivity index (χ0n) is 13.5. The van der Waals surface area contributed by atoms with Crippen molar-refractivity contribution in [3.8, 4) is 0 Å². The molecule has 0 bridgehead atoms. The number of hydrogen-bond donors (Lipinski definition) is 0. The maximum Gasteiger partial charge on any atom is 0.222 e. The van der Waals surface area contributed by atoms with Crippen LogP contribution in [0.15, 0.2) is 0 Å². The Labute approximate surface area is 110 Å². The van der Waals surface area contributed by atoms with Crippen LogP contribution in [0.2, 0.25) is 0 Å². The molecule has 0 saturated carbocycles. The first-order chi connectivity index (χ1) is 8.27. The average Bonchev–Trinajstić information content (AvgIpc) is 2.93. The van der Waals surface area contributed by atoms with E-state index >= 15 is 0 Å². The van der Waals surface area contributed by atoms with Crippen molar-refractivity contribution in [1.29, 1.82) is 0 Å². The van der Waals surface area contributed by atoms with Crippen molar-refractivity contribution in [1.82, 2.24) is 4.90 Å². The van der Waals surface area contributed by atoms with E-state index in [0.29, 0.717) is 12.3 Å². The van der Waals surface area contributed by atoms with Crippen molar-refractivity contribution in [2.24, 2.45) is 5.92 Å². The van der Waals surface area contributed by atoms with Gasteiger partial charge in [0.25, 0.3) is 0 Å². The van der Waals surface area contributed by atoms with Crippen molar-refractivity contribution in [3.05, 3.63) is 0 Å². The number of amides is 1. The molecule has 1 rings (SSSR count). The molecule has 0 aromatic rings. The van der Waals surface area contributed by atoms with Gasteiger partial charge in [-0.3, -0.25) is 4.79 Å². The number of carbonyl (C=O) groups excluding carboxylic acids is 1. The van der Waals surface area contributed by atoms with E-state index in [1.165, 1.54) is 12.8 Å². The quantitative estimate of drug-likeness (QED) is 0.688. The lowest BCUT2D eigenvalue weighted by atomic mass is 10.1. The molecule has 1 unspecified atom stereocenters. The maximum atomic E-state index is 11.2. The molecule has 0 spiro atoms. The van der Waals surface area contributed by atoms with Gasteiger partial charge in [0.2, 0.25) is 5.91 Å². The van der Waals surface area contributed by atoms with Crippen LogP contribution in [-0.4, -0.2) is 23.9 Å². The SMILES string of the molecule is CC.CC.CC.CCC(=O)N1CCC(CC)C1. The summed E-state index contributed by atoms with van der Waals surface area (Å²) in [6, 6.07) is 0. The number of rotatable bonds is 2. The molecule has 2 heteroatoms. The third-order valence-corrected chi connectivity index (χ3v) is 2.52. The van der Waals surface area contributed by atoms with E-state index in [1.54, 1.807) is 0 Å². The molecule has 1 heterocycles. The van der Waals surface area contributed by atoms with Crippen LogP contribution in [0.25, 0.3) is 0 Å². The van der Waals surface area contributed by atoms with Crippen molar-refractivity contribution in [2.45, 2.75) is 74.7 Å². The standard InChI is InChI=1S/C9H17NO.3C2H6/c1-3-8-5-6-10(7-8)9(11)4-2;3*1-2/h8H,3-7H2,1-2H3;3*1-2H3. The zero-order valence-corrected chi connectivity index (χ0v) is 13.5. The third kappa shape index (κ3) is 10.3. The maximum absolute atomic E-state index is 11.2. The van der Waals surface area contributed by atoms with Crippen LogP contribution in [0.1, 0.15) is 74.7 Å². The summed E-state index contributed by atoms with van der Waals surface area (Å²) in [5.74, 6) is 1.09. The van der Waals surface area contributed by atoms with Crippen LogP contribution in [0, 0.1) is 5.92 Å². The fourth-order valence-electron chi connectivity index (χ4n) is 1.62. The van der Waals surface area contributed by atoms with Gasteiger partial charge < -0.3 is 4.90 Å². The molecule has 0 aromatic carbocycles. The predicted molar refractivity (Wildman–Crippen MR) is 79.3 cm³/mol. The first-order valence-corrected chi connectivity index (χ1v) is 7.55. The summed E-state index contributed by atoms with van der Waals surface area (Å²) in [6.07, 6.45) is 3.09. The molecule has 0 aliphatic carbocycles. The van der Waals surface area contributed by atoms with E-state index in [-0.39, 0.29) is 0 Å². The predicted octanol–water partition coefficient (Wildman–Crippen LogP) is 4.73. The number of carbonyl (C=O) groups is 1. The Morgan fingerprint density at radius 2 is 1.53 bits per heavy atom. The summed E-state index contributed by atoms with van der Waals surface area (Å²) < 4.78 is 0. The molecule has 1 fully saturated rings. The largest absolute Gasteiger partial charge is 0.342 e. The van der Waals surface area contributed by atoms with Gasteiger partial charge in [-0.1, -0.05) is 61.8 Å². The summed E-state index contributed by atoms with van der Waals surface area (Å²) in [4.78, 5) is 13.2. The van der Waals surface area contributed by atoms with Gasteiger partial charge in [-0.15, -0.1) is 0 Å². The van der Waals surface area contributed by atoms with Crippen LogP contribution in [0.5, 0.6) is 0 Å². The molecule has 0 N–H and O–H groups in total. The lowest BCUT2D eigenvalue weighted by molar-refractivity contribution is -0.129. The molecule has 1 aliphatic rings. The average molecular weight is 245 g/mol. The number of likely N-dealkylation sites (tertiary alicyclic amines) is 1. The highest BCUT2D eigenvalue weighted by Gasteiger charge is 2.23. The molecular formula is C15H35NO. The Kier molecular flexibility index (Phi) is 22.8. The Bertz CT molecular complexity index is 146. The summed E-state index contributed by atoms with van der Waals surface area (Å²) in [7, 11) is 0. The molecular weight excluding hydrogens is 210 g/mol. The number of nitrogens with zero attached hydrogens (tertiary/aromatic N) is 1. The summed E-state index contributed by atoms with van der Waals surface area (Å²) in [5, 5.41) is 0. The number of hydrogen-bond acceptors (Lipinski definition) is 1. The van der Waals surface area contributed by atoms with Crippen LogP contribution in [-0.2, 0) is 4.79 Å². The van der Waals surface area contributed by atoms with Crippen LogP contribution >= 0.6 is 0 Å². The van der Waals surface area contributed by atoms with Gasteiger partial charge >= 0.3 is 0 Å². The minimum Gasteiger partial charge on any atom is -0.342 e. The van der Waals surface area contributed by atoms with Gasteiger partial charge in [0.1, 0.15) is 0 Å². The van der Waals surface area contributed by atoms with Crippen molar-refractivity contribution in [3.63, 3.8) is 0 Å². The molecule has 2 nitrogen and oxygen atoms in total. The van der Waals surface area contributed by atoms with E-state index in [2.05, 4.69) is 6.92 Å². The van der Waals surface area contributed by atoms with E-state index in [9.17, 15) is 4.79 Å². The third-order valence-electron chi connectivity index (χ3n) is 2.52. The Morgan fingerprint density at radius 1 is 1.06 bits per heavy atom. The highest BCUT2D eigenvalue weighted by molar-refractivity contribution is 5.76. The molecule has 0 radical (unpaired) electrons. The normalized spacial score (nSPS) is 16.7. The highest BCUT2D eigenvalue weighted by atomic mass is 16.2. The lowest BCUT2D eigenvalue weighted by Gasteiger charge is -2.14. The second-order valence-electron chi connectivity index (χ2n) is 3.26. The molecule has 1 saturated heterocycles. The van der Waals surface area contributed by atoms with Gasteiger partial charge in [0.05, 0.1) is 0 Å². The first-order valence-electron chi connectivity index (χ1n) is 7.55. The zero-order chi connectivity index (χ0) is 14.3. The molecule has 106 valence electrons. The fraction of sp³-hybridized carbons (Fsp3) is 0.933. The van der Waals surface area contributed by atoms with E-state index in [1.807, 2.05) is 53.4 Å². The monoisotopic (exact) mass is 245 g/mol. The smallest absolute Gasteiger partial charge is 0.222 e. The Morgan fingerprint density at radius 3 is 1.82 bits per heavy atom. The van der Waals surface area contributed by atoms with Gasteiger partial charge in [-0.2, -0.15) is 0 Å². The van der Waals surface area contributed by atoms with Crippen LogP contribution in [0.3, 0.4) is 0 Å². The van der Waals surface area contributed by atoms with Crippen LogP contribution in [0.4, 0.5) is 0 Å². The van der Waals surface area contributed by atoms with Gasteiger partial charge in [-0.25, -0.2) is 0 Å². The van der Waals surface area contributed by atoms with Crippen LogP contribution < -0.4 is 0 Å². The van der Waals surface area contributed by atoms with Gasteiger partial charge in [-0.05, 0) is 12.3 Å². The van der Waals surface area contributed by atoms with Crippen molar-refractivity contribution in [2.75, 3.05) is 13.1 Å². The Hall–Kier alpha value is -0.530. The molecule has 1 aliphatic heterocycles. The van der Waals surface area contributed by atoms with E-state index in [4.69, 9.17) is 0 Å². The lowest BCUT2D eigenvalue weighted by Crippen LogP contribution is -2.27. The fourth-order valence-corrected chi connectivity index (χ4v) is 1.62. The summed E-state index contributed by atoms with van der Waals surface area (Å²) in [6.45, 7) is 18.1. The molecule has 17 heavy (non-hydrogen) atoms. The molecule has 0 aromatic heterocycles. The Balaban J connectivity index is -0.000000285. The minimum atomic E-state index is 0.320. The van der Waals surface area contributed by atoms with Gasteiger partial charge in [0.15, 0.2) is 0 Å². The first kappa shape index (κ1) is 21.7. The summed E-state index contributed by atoms with van der Waals surface area (Å²) >= 11 is 0. The minimum absolute atomic E-state index is 0.320. The second kappa shape index (κ2) is 17.9. The second-order valence-corrected chi connectivity index (χ2v) is 3.26. The highest BCUT2D eigenvalue weighted by Crippen LogP contribution is 2.19. The van der Waals surface area contributed by atoms with Crippen molar-refractivity contribution < 1.29 is 4.79 Å². The summed E-state index contributed by atoms with van der Waals surface area (Å²) in [5.41, 5.74) is 0. The molecule has 1 amide bonds. The van der Waals surface area contributed by atoms with E-state index in [0.717, 1.165) is 19.0 Å². The molecule has 1 atom stereocenters.